The molecule has 1 saturated carbocycles. The van der Waals surface area contributed by atoms with Crippen LogP contribution in [0.1, 0.15) is 25.3 Å². The lowest BCUT2D eigenvalue weighted by Crippen LogP contribution is -2.38. The summed E-state index contributed by atoms with van der Waals surface area (Å²) in [4.78, 5) is 1.73. The summed E-state index contributed by atoms with van der Waals surface area (Å²) in [5, 5.41) is 0. The summed E-state index contributed by atoms with van der Waals surface area (Å²) in [5.41, 5.74) is 5.62. The first-order valence-corrected chi connectivity index (χ1v) is 7.41. The highest BCUT2D eigenvalue weighted by atomic mass is 32.1. The fourth-order valence-corrected chi connectivity index (χ4v) is 2.64. The molecule has 116 valence electrons. The first-order valence-electron chi connectivity index (χ1n) is 7.00. The number of thiocarbonyl (C=S) groups is 1. The van der Waals surface area contributed by atoms with Crippen LogP contribution in [0, 0.1) is 17.6 Å². The summed E-state index contributed by atoms with van der Waals surface area (Å²) in [5.74, 6) is -0.793. The molecule has 2 rings (SSSR count). The van der Waals surface area contributed by atoms with Gasteiger partial charge in [0.1, 0.15) is 22.3 Å². The molecule has 0 amide bonds. The van der Waals surface area contributed by atoms with Gasteiger partial charge >= 0.3 is 0 Å². The van der Waals surface area contributed by atoms with Gasteiger partial charge in [0.25, 0.3) is 0 Å². The topological polar surface area (TPSA) is 38.5 Å². The molecule has 0 saturated heterocycles. The maximum atomic E-state index is 14.4. The zero-order valence-electron chi connectivity index (χ0n) is 12.2. The van der Waals surface area contributed by atoms with Gasteiger partial charge in [-0.15, -0.1) is 0 Å². The average molecular weight is 314 g/mol. The Hall–Kier alpha value is -1.27. The van der Waals surface area contributed by atoms with Crippen molar-refractivity contribution in [1.82, 2.24) is 0 Å². The van der Waals surface area contributed by atoms with Crippen molar-refractivity contribution in [3.05, 3.63) is 29.3 Å². The first-order chi connectivity index (χ1) is 9.95. The van der Waals surface area contributed by atoms with Crippen molar-refractivity contribution in [3.63, 3.8) is 0 Å². The lowest BCUT2D eigenvalue weighted by Gasteiger charge is -2.32. The van der Waals surface area contributed by atoms with E-state index in [-0.39, 0.29) is 22.3 Å². The van der Waals surface area contributed by atoms with E-state index in [1.807, 2.05) is 6.92 Å². The van der Waals surface area contributed by atoms with Crippen LogP contribution in [0.5, 0.6) is 0 Å². The number of anilines is 1. The third-order valence-corrected chi connectivity index (χ3v) is 4.16. The second kappa shape index (κ2) is 6.66. The molecule has 1 aromatic carbocycles. The zero-order chi connectivity index (χ0) is 15.6. The maximum Gasteiger partial charge on any atom is 0.150 e. The number of hydrogen-bond donors (Lipinski definition) is 1. The zero-order valence-corrected chi connectivity index (χ0v) is 13.1. The molecule has 6 heteroatoms. The number of ether oxygens (including phenoxy) is 1. The van der Waals surface area contributed by atoms with Crippen molar-refractivity contribution >= 4 is 22.9 Å². The van der Waals surface area contributed by atoms with Gasteiger partial charge in [-0.05, 0) is 37.8 Å². The molecule has 1 aromatic rings. The first kappa shape index (κ1) is 16.1. The Labute approximate surface area is 129 Å². The molecule has 1 aliphatic rings. The summed E-state index contributed by atoms with van der Waals surface area (Å²) >= 11 is 4.77. The predicted molar refractivity (Wildman–Crippen MR) is 83.7 cm³/mol. The highest BCUT2D eigenvalue weighted by Gasteiger charge is 2.34. The Morgan fingerprint density at radius 1 is 1.43 bits per heavy atom. The highest BCUT2D eigenvalue weighted by molar-refractivity contribution is 7.80. The summed E-state index contributed by atoms with van der Waals surface area (Å²) in [6.45, 7) is 2.84. The van der Waals surface area contributed by atoms with Gasteiger partial charge < -0.3 is 15.4 Å². The van der Waals surface area contributed by atoms with Gasteiger partial charge in [0, 0.05) is 25.3 Å². The Bertz CT molecular complexity index is 511. The van der Waals surface area contributed by atoms with E-state index in [0.29, 0.717) is 19.1 Å². The van der Waals surface area contributed by atoms with Gasteiger partial charge in [0.05, 0.1) is 6.61 Å². The van der Waals surface area contributed by atoms with Crippen molar-refractivity contribution < 1.29 is 13.5 Å². The van der Waals surface area contributed by atoms with Crippen molar-refractivity contribution in [1.29, 1.82) is 0 Å². The summed E-state index contributed by atoms with van der Waals surface area (Å²) in [6, 6.07) is 2.46. The molecule has 0 bridgehead atoms. The van der Waals surface area contributed by atoms with E-state index in [2.05, 4.69) is 0 Å². The minimum absolute atomic E-state index is 0.0157. The molecule has 2 N–H and O–H groups in total. The van der Waals surface area contributed by atoms with Crippen LogP contribution in [0.4, 0.5) is 14.5 Å². The van der Waals surface area contributed by atoms with Gasteiger partial charge in [-0.25, -0.2) is 8.78 Å². The van der Waals surface area contributed by atoms with Crippen LogP contribution >= 0.6 is 12.2 Å². The number of halogens is 2. The van der Waals surface area contributed by atoms with Gasteiger partial charge in [-0.1, -0.05) is 12.2 Å². The van der Waals surface area contributed by atoms with Crippen molar-refractivity contribution in [2.24, 2.45) is 11.7 Å². The SMILES string of the molecule is COCCN(c1c(F)cc(C(N)=S)cc1F)C(C)C1CC1. The Kier molecular flexibility index (Phi) is 5.11. The van der Waals surface area contributed by atoms with E-state index in [1.165, 1.54) is 12.1 Å². The largest absolute Gasteiger partial charge is 0.389 e. The minimum atomic E-state index is -0.638. The maximum absolute atomic E-state index is 14.4. The summed E-state index contributed by atoms with van der Waals surface area (Å²) in [7, 11) is 1.57. The molecule has 3 nitrogen and oxygen atoms in total. The van der Waals surface area contributed by atoms with Crippen LogP contribution in [-0.4, -0.2) is 31.3 Å². The molecule has 0 radical (unpaired) electrons. The highest BCUT2D eigenvalue weighted by Crippen LogP contribution is 2.38. The third-order valence-electron chi connectivity index (χ3n) is 3.92. The lowest BCUT2D eigenvalue weighted by molar-refractivity contribution is 0.202. The van der Waals surface area contributed by atoms with Crippen molar-refractivity contribution in [2.75, 3.05) is 25.2 Å². The Morgan fingerprint density at radius 2 is 2.00 bits per heavy atom. The van der Waals surface area contributed by atoms with E-state index < -0.39 is 11.6 Å². The fourth-order valence-electron chi connectivity index (χ4n) is 2.52. The standard InChI is InChI=1S/C15H20F2N2OS/c1-9(10-3-4-10)19(5-6-20-2)14-12(16)7-11(15(18)21)8-13(14)17/h7-10H,3-6H2,1-2H3,(H2,18,21). The second-order valence-corrected chi connectivity index (χ2v) is 5.86. The molecule has 1 aliphatic carbocycles. The van der Waals surface area contributed by atoms with E-state index in [4.69, 9.17) is 22.7 Å². The lowest BCUT2D eigenvalue weighted by atomic mass is 10.1. The van der Waals surface area contributed by atoms with Crippen LogP contribution < -0.4 is 10.6 Å². The molecule has 21 heavy (non-hydrogen) atoms. The Balaban J connectivity index is 2.36. The molecule has 0 spiro atoms. The molecule has 1 unspecified atom stereocenters. The third kappa shape index (κ3) is 3.68. The summed E-state index contributed by atoms with van der Waals surface area (Å²) < 4.78 is 33.8. The molecule has 0 heterocycles. The van der Waals surface area contributed by atoms with Crippen LogP contribution in [0.15, 0.2) is 12.1 Å². The van der Waals surface area contributed by atoms with Crippen LogP contribution in [0.2, 0.25) is 0 Å². The van der Waals surface area contributed by atoms with Gasteiger partial charge in [0.2, 0.25) is 0 Å². The molecule has 1 fully saturated rings. The van der Waals surface area contributed by atoms with Crippen LogP contribution in [0.25, 0.3) is 0 Å². The quantitative estimate of drug-likeness (QED) is 0.786. The average Bonchev–Trinajstić information content (AvgIpc) is 3.25. The second-order valence-electron chi connectivity index (χ2n) is 5.42. The van der Waals surface area contributed by atoms with Gasteiger partial charge in [-0.3, -0.25) is 0 Å². The van der Waals surface area contributed by atoms with E-state index in [1.54, 1.807) is 12.0 Å². The van der Waals surface area contributed by atoms with Crippen LogP contribution in [0.3, 0.4) is 0 Å². The number of hydrogen-bond acceptors (Lipinski definition) is 3. The number of benzene rings is 1. The Morgan fingerprint density at radius 3 is 2.43 bits per heavy atom. The fraction of sp³-hybridized carbons (Fsp3) is 0.533. The van der Waals surface area contributed by atoms with E-state index >= 15 is 0 Å². The van der Waals surface area contributed by atoms with Crippen LogP contribution in [-0.2, 0) is 4.74 Å². The molecule has 0 aliphatic heterocycles. The monoisotopic (exact) mass is 314 g/mol. The minimum Gasteiger partial charge on any atom is -0.389 e. The van der Waals surface area contributed by atoms with Gasteiger partial charge in [0.15, 0.2) is 0 Å². The molecular formula is C15H20F2N2OS. The smallest absolute Gasteiger partial charge is 0.150 e. The predicted octanol–water partition coefficient (Wildman–Crippen LogP) is 2.85. The number of methoxy groups -OCH3 is 1. The van der Waals surface area contributed by atoms with E-state index in [0.717, 1.165) is 12.8 Å². The van der Waals surface area contributed by atoms with Gasteiger partial charge in [-0.2, -0.15) is 0 Å². The van der Waals surface area contributed by atoms with Crippen molar-refractivity contribution in [2.45, 2.75) is 25.8 Å². The van der Waals surface area contributed by atoms with Crippen molar-refractivity contribution in [3.8, 4) is 0 Å². The normalized spacial score (nSPS) is 15.8. The number of rotatable bonds is 7. The summed E-state index contributed by atoms with van der Waals surface area (Å²) in [6.07, 6.45) is 2.19. The molecular weight excluding hydrogens is 294 g/mol. The number of nitrogens with zero attached hydrogens (tertiary/aromatic N) is 1. The molecule has 0 aromatic heterocycles. The number of nitrogens with two attached hydrogens (primary N) is 1. The van der Waals surface area contributed by atoms with E-state index in [9.17, 15) is 8.78 Å². The molecule has 1 atom stereocenters.